The fourth-order valence-corrected chi connectivity index (χ4v) is 1.33. The van der Waals surface area contributed by atoms with Gasteiger partial charge in [0.15, 0.2) is 0 Å². The Morgan fingerprint density at radius 2 is 1.90 bits per heavy atom. The number of alkyl halides is 2. The van der Waals surface area contributed by atoms with E-state index in [2.05, 4.69) is 0 Å². The summed E-state index contributed by atoms with van der Waals surface area (Å²) in [5, 5.41) is 8.48. The van der Waals surface area contributed by atoms with Crippen LogP contribution in [-0.2, 0) is 4.79 Å². The molecule has 0 radical (unpaired) electrons. The summed E-state index contributed by atoms with van der Waals surface area (Å²) in [6.45, 7) is 1.54. The number of hydrogen-bond acceptors (Lipinski definition) is 1. The van der Waals surface area contributed by atoms with Gasteiger partial charge < -0.3 is 5.11 Å². The Kier molecular flexibility index (Phi) is 3.13. The Labute approximate surface area is 91.2 Å². The molecule has 10 heavy (non-hydrogen) atoms. The molecule has 0 aromatic heterocycles. The SMILES string of the molecule is CC1(C(=O)O)CC1(Cl)Cl.[NaH]. The van der Waals surface area contributed by atoms with Crippen LogP contribution in [0.1, 0.15) is 13.3 Å². The fourth-order valence-electron chi connectivity index (χ4n) is 0.632. The van der Waals surface area contributed by atoms with Crippen LogP contribution in [0.5, 0.6) is 0 Å². The summed E-state index contributed by atoms with van der Waals surface area (Å²) in [4.78, 5) is 10.3. The van der Waals surface area contributed by atoms with Crippen LogP contribution in [0, 0.1) is 5.41 Å². The number of aliphatic carboxylic acids is 1. The molecule has 1 N–H and O–H groups in total. The van der Waals surface area contributed by atoms with E-state index in [1.54, 1.807) is 0 Å². The summed E-state index contributed by atoms with van der Waals surface area (Å²) in [7, 11) is 0. The standard InChI is InChI=1S/C5H6Cl2O2.Na.H/c1-4(3(8)9)2-5(4,6)7;;/h2H2,1H3,(H,8,9);;. The molecule has 1 unspecified atom stereocenters. The first kappa shape index (κ1) is 11.1. The van der Waals surface area contributed by atoms with Crippen molar-refractivity contribution in [3.05, 3.63) is 0 Å². The third kappa shape index (κ3) is 1.46. The van der Waals surface area contributed by atoms with E-state index in [-0.39, 0.29) is 29.6 Å². The fraction of sp³-hybridized carbons (Fsp3) is 0.800. The van der Waals surface area contributed by atoms with Gasteiger partial charge in [-0.25, -0.2) is 0 Å². The van der Waals surface area contributed by atoms with Gasteiger partial charge in [-0.3, -0.25) is 4.79 Å². The molecule has 0 aromatic carbocycles. The van der Waals surface area contributed by atoms with Crippen LogP contribution in [0.25, 0.3) is 0 Å². The van der Waals surface area contributed by atoms with Crippen molar-refractivity contribution in [3.63, 3.8) is 0 Å². The van der Waals surface area contributed by atoms with Gasteiger partial charge in [-0.2, -0.15) is 0 Å². The molecule has 0 heterocycles. The first-order valence-corrected chi connectivity index (χ1v) is 3.27. The summed E-state index contributed by atoms with van der Waals surface area (Å²) in [6.07, 6.45) is 0.346. The number of carboxylic acid groups (broad SMARTS) is 1. The van der Waals surface area contributed by atoms with Crippen LogP contribution in [0.15, 0.2) is 0 Å². The van der Waals surface area contributed by atoms with Crippen molar-refractivity contribution >= 4 is 58.7 Å². The molecule has 0 aliphatic heterocycles. The number of halogens is 2. The second-order valence-electron chi connectivity index (χ2n) is 2.52. The van der Waals surface area contributed by atoms with Crippen molar-refractivity contribution in [3.8, 4) is 0 Å². The zero-order valence-electron chi connectivity index (χ0n) is 4.82. The third-order valence-corrected chi connectivity index (χ3v) is 2.83. The Balaban J connectivity index is 0.000000810. The van der Waals surface area contributed by atoms with E-state index >= 15 is 0 Å². The zero-order chi connectivity index (χ0) is 7.28. The van der Waals surface area contributed by atoms with Crippen LogP contribution >= 0.6 is 23.2 Å². The first-order chi connectivity index (χ1) is 3.90. The summed E-state index contributed by atoms with van der Waals surface area (Å²) >= 11 is 11.1. The van der Waals surface area contributed by atoms with Crippen molar-refractivity contribution in [2.75, 3.05) is 0 Å². The minimum atomic E-state index is -1.03. The van der Waals surface area contributed by atoms with Crippen molar-refractivity contribution in [1.82, 2.24) is 0 Å². The van der Waals surface area contributed by atoms with Gasteiger partial charge in [-0.15, -0.1) is 23.2 Å². The van der Waals surface area contributed by atoms with E-state index in [1.165, 1.54) is 6.92 Å². The molecular formula is C5H7Cl2NaO2. The summed E-state index contributed by atoms with van der Waals surface area (Å²) in [5.41, 5.74) is -0.907. The van der Waals surface area contributed by atoms with E-state index in [4.69, 9.17) is 28.3 Å². The summed E-state index contributed by atoms with van der Waals surface area (Å²) < 4.78 is -1.03. The van der Waals surface area contributed by atoms with Gasteiger partial charge in [0.05, 0.1) is 0 Å². The van der Waals surface area contributed by atoms with Gasteiger partial charge in [0.25, 0.3) is 0 Å². The average molecular weight is 193 g/mol. The molecule has 1 saturated carbocycles. The van der Waals surface area contributed by atoms with Crippen LogP contribution in [0.3, 0.4) is 0 Å². The summed E-state index contributed by atoms with van der Waals surface area (Å²) in [6, 6.07) is 0. The zero-order valence-corrected chi connectivity index (χ0v) is 6.33. The Morgan fingerprint density at radius 3 is 1.90 bits per heavy atom. The predicted molar refractivity (Wildman–Crippen MR) is 41.9 cm³/mol. The number of carbonyl (C=O) groups is 1. The van der Waals surface area contributed by atoms with Crippen molar-refractivity contribution in [1.29, 1.82) is 0 Å². The number of rotatable bonds is 1. The first-order valence-electron chi connectivity index (χ1n) is 2.51. The molecule has 1 aliphatic carbocycles. The maximum absolute atomic E-state index is 10.3. The van der Waals surface area contributed by atoms with Crippen molar-refractivity contribution in [2.45, 2.75) is 17.7 Å². The number of carboxylic acids is 1. The topological polar surface area (TPSA) is 37.3 Å². The molecule has 0 aromatic rings. The van der Waals surface area contributed by atoms with Gasteiger partial charge in [0.1, 0.15) is 9.75 Å². The Bertz CT molecular complexity index is 171. The molecule has 54 valence electrons. The molecule has 0 bridgehead atoms. The van der Waals surface area contributed by atoms with Gasteiger partial charge >= 0.3 is 35.5 Å². The number of hydrogen-bond donors (Lipinski definition) is 1. The molecular weight excluding hydrogens is 186 g/mol. The van der Waals surface area contributed by atoms with E-state index in [0.29, 0.717) is 6.42 Å². The van der Waals surface area contributed by atoms with E-state index < -0.39 is 15.7 Å². The third-order valence-electron chi connectivity index (χ3n) is 1.73. The second-order valence-corrected chi connectivity index (χ2v) is 4.00. The summed E-state index contributed by atoms with van der Waals surface area (Å²) in [5.74, 6) is -0.924. The van der Waals surface area contributed by atoms with Crippen LogP contribution in [0.2, 0.25) is 0 Å². The minimum absolute atomic E-state index is 0. The predicted octanol–water partition coefficient (Wildman–Crippen LogP) is 1.01. The van der Waals surface area contributed by atoms with Crippen molar-refractivity contribution < 1.29 is 9.90 Å². The molecule has 0 spiro atoms. The van der Waals surface area contributed by atoms with E-state index in [0.717, 1.165) is 0 Å². The quantitative estimate of drug-likeness (QED) is 0.498. The molecule has 2 nitrogen and oxygen atoms in total. The van der Waals surface area contributed by atoms with Gasteiger partial charge in [-0.1, -0.05) is 0 Å². The van der Waals surface area contributed by atoms with Gasteiger partial charge in [0.2, 0.25) is 0 Å². The van der Waals surface area contributed by atoms with Gasteiger partial charge in [0, 0.05) is 6.42 Å². The van der Waals surface area contributed by atoms with Gasteiger partial charge in [-0.05, 0) is 6.92 Å². The molecule has 0 amide bonds. The normalized spacial score (nSPS) is 34.3. The van der Waals surface area contributed by atoms with Crippen molar-refractivity contribution in [2.24, 2.45) is 5.41 Å². The molecule has 5 heteroatoms. The van der Waals surface area contributed by atoms with Crippen LogP contribution in [-0.4, -0.2) is 45.0 Å². The second kappa shape index (κ2) is 2.83. The van der Waals surface area contributed by atoms with E-state index in [9.17, 15) is 4.79 Å². The Hall–Kier alpha value is 1.05. The molecule has 1 rings (SSSR count). The average Bonchev–Trinajstić information content (AvgIpc) is 2.08. The molecule has 1 aliphatic rings. The maximum atomic E-state index is 10.3. The monoisotopic (exact) mass is 192 g/mol. The molecule has 1 atom stereocenters. The van der Waals surface area contributed by atoms with E-state index in [1.807, 2.05) is 0 Å². The van der Waals surface area contributed by atoms with Crippen LogP contribution < -0.4 is 0 Å². The molecule has 1 fully saturated rings. The molecule has 0 saturated heterocycles. The van der Waals surface area contributed by atoms with Crippen LogP contribution in [0.4, 0.5) is 0 Å². The Morgan fingerprint density at radius 1 is 1.60 bits per heavy atom.